The van der Waals surface area contributed by atoms with E-state index in [1.165, 1.54) is 24.3 Å². The van der Waals surface area contributed by atoms with Crippen LogP contribution in [-0.2, 0) is 16.5 Å². The molecule has 2 N–H and O–H groups in total. The third-order valence-corrected chi connectivity index (χ3v) is 4.08. The summed E-state index contributed by atoms with van der Waals surface area (Å²) in [6.45, 7) is 3.87. The van der Waals surface area contributed by atoms with Crippen LogP contribution < -0.4 is 10.0 Å². The van der Waals surface area contributed by atoms with Gasteiger partial charge in [0.2, 0.25) is 0 Å². The van der Waals surface area contributed by atoms with Crippen molar-refractivity contribution in [1.82, 2.24) is 19.8 Å². The van der Waals surface area contributed by atoms with Crippen LogP contribution in [0.4, 0.5) is 4.79 Å². The average Bonchev–Trinajstić information content (AvgIpc) is 2.98. The van der Waals surface area contributed by atoms with Gasteiger partial charge in [-0.25, -0.2) is 14.6 Å². The van der Waals surface area contributed by atoms with Gasteiger partial charge in [-0.2, -0.15) is 5.10 Å². The molecule has 0 radical (unpaired) electrons. The molecule has 0 aliphatic rings. The SMILES string of the molecule is CCOC(=O)c1cnn(C)c1SNC(=O)N/C=N/C(OC)C(C)C=NC. The largest absolute Gasteiger partial charge is 0.462 e. The smallest absolute Gasteiger partial charge is 0.342 e. The lowest BCUT2D eigenvalue weighted by atomic mass is 10.2. The summed E-state index contributed by atoms with van der Waals surface area (Å²) >= 11 is 0.945. The predicted octanol–water partition coefficient (Wildman–Crippen LogP) is 1.24. The Balaban J connectivity index is 2.59. The minimum atomic E-state index is -0.513. The van der Waals surface area contributed by atoms with Gasteiger partial charge in [-0.1, -0.05) is 6.92 Å². The average molecular weight is 384 g/mol. The number of methoxy groups -OCH3 is 1. The van der Waals surface area contributed by atoms with Gasteiger partial charge < -0.3 is 14.5 Å². The minimum Gasteiger partial charge on any atom is -0.462 e. The molecule has 2 atom stereocenters. The van der Waals surface area contributed by atoms with Gasteiger partial charge in [0.15, 0.2) is 6.23 Å². The number of aromatic nitrogens is 2. The van der Waals surface area contributed by atoms with Crippen LogP contribution in [0.15, 0.2) is 21.2 Å². The molecular formula is C15H24N6O4S. The molecule has 0 aliphatic carbocycles. The number of rotatable bonds is 9. The number of esters is 1. The van der Waals surface area contributed by atoms with E-state index in [0.29, 0.717) is 5.03 Å². The fourth-order valence-corrected chi connectivity index (χ4v) is 2.58. The summed E-state index contributed by atoms with van der Waals surface area (Å²) in [7, 11) is 4.85. The van der Waals surface area contributed by atoms with Crippen LogP contribution in [0.25, 0.3) is 0 Å². The molecule has 11 heteroatoms. The van der Waals surface area contributed by atoms with Crippen molar-refractivity contribution in [1.29, 1.82) is 0 Å². The maximum absolute atomic E-state index is 11.9. The summed E-state index contributed by atoms with van der Waals surface area (Å²) in [4.78, 5) is 31.8. The summed E-state index contributed by atoms with van der Waals surface area (Å²) in [5.41, 5.74) is 0.278. The molecule has 2 unspecified atom stereocenters. The third kappa shape index (κ3) is 6.48. The van der Waals surface area contributed by atoms with Gasteiger partial charge >= 0.3 is 12.0 Å². The van der Waals surface area contributed by atoms with Crippen LogP contribution in [0.3, 0.4) is 0 Å². The molecule has 1 rings (SSSR count). The molecule has 144 valence electrons. The van der Waals surface area contributed by atoms with E-state index in [1.807, 2.05) is 6.92 Å². The highest BCUT2D eigenvalue weighted by Gasteiger charge is 2.18. The van der Waals surface area contributed by atoms with Crippen molar-refractivity contribution in [3.8, 4) is 0 Å². The van der Waals surface area contributed by atoms with E-state index in [2.05, 4.69) is 25.1 Å². The normalized spacial score (nSPS) is 13.7. The fraction of sp³-hybridized carbons (Fsp3) is 0.533. The lowest BCUT2D eigenvalue weighted by Gasteiger charge is -2.14. The van der Waals surface area contributed by atoms with Crippen LogP contribution in [0.2, 0.25) is 0 Å². The van der Waals surface area contributed by atoms with E-state index in [0.717, 1.165) is 11.9 Å². The zero-order valence-corrected chi connectivity index (χ0v) is 16.2. The van der Waals surface area contributed by atoms with Gasteiger partial charge in [-0.15, -0.1) is 0 Å². The first-order valence-corrected chi connectivity index (χ1v) is 8.65. The quantitative estimate of drug-likeness (QED) is 0.286. The fourth-order valence-electron chi connectivity index (χ4n) is 1.91. The van der Waals surface area contributed by atoms with Crippen LogP contribution in [-0.4, -0.2) is 61.3 Å². The Bertz CT molecular complexity index is 661. The third-order valence-electron chi connectivity index (χ3n) is 3.11. The summed E-state index contributed by atoms with van der Waals surface area (Å²) in [5.74, 6) is -0.538. The number of nitrogens with one attached hydrogen (secondary N) is 2. The van der Waals surface area contributed by atoms with Crippen LogP contribution in [0, 0.1) is 5.92 Å². The number of urea groups is 1. The van der Waals surface area contributed by atoms with Gasteiger partial charge in [0.25, 0.3) is 0 Å². The highest BCUT2D eigenvalue weighted by molar-refractivity contribution is 7.98. The zero-order valence-electron chi connectivity index (χ0n) is 15.4. The Labute approximate surface area is 156 Å². The van der Waals surface area contributed by atoms with Gasteiger partial charge in [-0.05, 0) is 6.92 Å². The standard InChI is InChI=1S/C15H24N6O4S/c1-6-25-14(22)11-8-19-21(4)13(11)26-20-15(23)18-9-17-12(24-5)10(2)7-16-3/h7-10,12H,6H2,1-5H3,(H2,17,18,20,23). The lowest BCUT2D eigenvalue weighted by molar-refractivity contribution is 0.0521. The molecule has 0 fully saturated rings. The Morgan fingerprint density at radius 3 is 2.85 bits per heavy atom. The van der Waals surface area contributed by atoms with Gasteiger partial charge in [-0.3, -0.25) is 14.7 Å². The summed E-state index contributed by atoms with van der Waals surface area (Å²) < 4.78 is 14.2. The van der Waals surface area contributed by atoms with Crippen molar-refractivity contribution in [2.45, 2.75) is 25.1 Å². The number of nitrogens with zero attached hydrogens (tertiary/aromatic N) is 4. The van der Waals surface area contributed by atoms with Crippen LogP contribution in [0.5, 0.6) is 0 Å². The Morgan fingerprint density at radius 1 is 1.50 bits per heavy atom. The monoisotopic (exact) mass is 384 g/mol. The summed E-state index contributed by atoms with van der Waals surface area (Å²) in [5, 5.41) is 6.92. The molecule has 26 heavy (non-hydrogen) atoms. The van der Waals surface area contributed by atoms with Crippen molar-refractivity contribution in [2.24, 2.45) is 23.0 Å². The van der Waals surface area contributed by atoms with E-state index >= 15 is 0 Å². The van der Waals surface area contributed by atoms with E-state index in [-0.39, 0.29) is 18.1 Å². The van der Waals surface area contributed by atoms with Crippen molar-refractivity contribution in [3.63, 3.8) is 0 Å². The first-order chi connectivity index (χ1) is 12.4. The first-order valence-electron chi connectivity index (χ1n) is 7.83. The number of carbonyl (C=O) groups is 2. The topological polar surface area (TPSA) is 119 Å². The second-order valence-electron chi connectivity index (χ2n) is 5.06. The van der Waals surface area contributed by atoms with Crippen molar-refractivity contribution in [2.75, 3.05) is 20.8 Å². The van der Waals surface area contributed by atoms with E-state index in [4.69, 9.17) is 9.47 Å². The number of aliphatic imine (C=N–C) groups is 2. The van der Waals surface area contributed by atoms with Gasteiger partial charge in [0.05, 0.1) is 19.1 Å². The Kier molecular flexibility index (Phi) is 9.37. The number of hydrogen-bond acceptors (Lipinski definition) is 8. The number of hydrogen-bond donors (Lipinski definition) is 2. The lowest BCUT2D eigenvalue weighted by Crippen LogP contribution is -2.31. The molecular weight excluding hydrogens is 360 g/mol. The summed E-state index contributed by atoms with van der Waals surface area (Å²) in [6.07, 6.45) is 3.89. The number of carbonyl (C=O) groups excluding carboxylic acids is 2. The Hall–Kier alpha value is -2.40. The molecule has 0 spiro atoms. The van der Waals surface area contributed by atoms with Gasteiger partial charge in [0.1, 0.15) is 10.6 Å². The summed E-state index contributed by atoms with van der Waals surface area (Å²) in [6, 6.07) is -0.513. The van der Waals surface area contributed by atoms with Crippen molar-refractivity contribution in [3.05, 3.63) is 11.8 Å². The first kappa shape index (κ1) is 21.6. The highest BCUT2D eigenvalue weighted by atomic mass is 32.2. The maximum atomic E-state index is 11.9. The molecule has 1 aromatic rings. The van der Waals surface area contributed by atoms with E-state index in [1.54, 1.807) is 27.2 Å². The molecule has 2 amide bonds. The molecule has 0 bridgehead atoms. The molecule has 10 nitrogen and oxygen atoms in total. The zero-order chi connectivity index (χ0) is 19.5. The number of aryl methyl sites for hydroxylation is 1. The second-order valence-corrected chi connectivity index (χ2v) is 5.85. The van der Waals surface area contributed by atoms with Crippen molar-refractivity contribution < 1.29 is 19.1 Å². The minimum absolute atomic E-state index is 0.0398. The van der Waals surface area contributed by atoms with E-state index < -0.39 is 18.2 Å². The molecule has 0 aliphatic heterocycles. The highest BCUT2D eigenvalue weighted by Crippen LogP contribution is 2.20. The number of amides is 2. The molecule has 1 heterocycles. The molecule has 0 aromatic carbocycles. The Morgan fingerprint density at radius 2 is 2.23 bits per heavy atom. The molecule has 1 aromatic heterocycles. The van der Waals surface area contributed by atoms with Crippen LogP contribution in [0.1, 0.15) is 24.2 Å². The van der Waals surface area contributed by atoms with Gasteiger partial charge in [0, 0.05) is 45.3 Å². The number of ether oxygens (including phenoxy) is 2. The van der Waals surface area contributed by atoms with Crippen molar-refractivity contribution >= 4 is 36.5 Å². The maximum Gasteiger partial charge on any atom is 0.342 e. The molecule has 0 saturated heterocycles. The second kappa shape index (κ2) is 11.3. The predicted molar refractivity (Wildman–Crippen MR) is 99.6 cm³/mol. The van der Waals surface area contributed by atoms with Crippen LogP contribution >= 0.6 is 11.9 Å². The molecule has 0 saturated carbocycles. The van der Waals surface area contributed by atoms with E-state index in [9.17, 15) is 9.59 Å².